The van der Waals surface area contributed by atoms with Crippen LogP contribution in [0.5, 0.6) is 0 Å². The molecule has 2 atom stereocenters. The molecule has 1 aromatic carbocycles. The third-order valence-electron chi connectivity index (χ3n) is 6.95. The van der Waals surface area contributed by atoms with Crippen molar-refractivity contribution < 1.29 is 18.4 Å². The lowest BCUT2D eigenvalue weighted by Crippen LogP contribution is -2.41. The Kier molecular flexibility index (Phi) is 7.94. The quantitative estimate of drug-likeness (QED) is 0.286. The van der Waals surface area contributed by atoms with Gasteiger partial charge in [-0.15, -0.1) is 11.3 Å². The van der Waals surface area contributed by atoms with Crippen LogP contribution < -0.4 is 5.32 Å². The summed E-state index contributed by atoms with van der Waals surface area (Å²) in [6.45, 7) is 13.3. The van der Waals surface area contributed by atoms with Gasteiger partial charge in [-0.3, -0.25) is 14.9 Å². The number of aromatic nitrogens is 1. The molecule has 1 N–H and O–H groups in total. The number of rotatable bonds is 9. The zero-order valence-electron chi connectivity index (χ0n) is 21.7. The van der Waals surface area contributed by atoms with E-state index in [0.29, 0.717) is 12.3 Å². The molecule has 0 aliphatic carbocycles. The highest BCUT2D eigenvalue weighted by Crippen LogP contribution is 2.42. The van der Waals surface area contributed by atoms with Crippen molar-refractivity contribution in [1.82, 2.24) is 10.3 Å². The number of aryl methyl sites for hydroxylation is 2. The fourth-order valence-electron chi connectivity index (χ4n) is 3.81. The van der Waals surface area contributed by atoms with E-state index in [4.69, 9.17) is 13.8 Å². The summed E-state index contributed by atoms with van der Waals surface area (Å²) in [6, 6.07) is 14.1. The lowest BCUT2D eigenvalue weighted by Gasteiger charge is -2.39. The van der Waals surface area contributed by atoms with Gasteiger partial charge in [-0.05, 0) is 62.2 Å². The molecular weight excluding hydrogens is 509 g/mol. The van der Waals surface area contributed by atoms with Crippen LogP contribution >= 0.6 is 23.1 Å². The van der Waals surface area contributed by atoms with E-state index in [0.717, 1.165) is 51.4 Å². The number of thioether (sulfide) groups is 1. The van der Waals surface area contributed by atoms with E-state index in [1.54, 1.807) is 11.3 Å². The average molecular weight is 543 g/mol. The van der Waals surface area contributed by atoms with Crippen molar-refractivity contribution in [3.8, 4) is 11.5 Å². The first-order valence-electron chi connectivity index (χ1n) is 12.2. The number of carbonyl (C=O) groups is 2. The Hall–Kier alpha value is -2.20. The number of hydrogen-bond acceptors (Lipinski definition) is 7. The van der Waals surface area contributed by atoms with Gasteiger partial charge in [-0.25, -0.2) is 4.98 Å². The van der Waals surface area contributed by atoms with Crippen molar-refractivity contribution in [2.24, 2.45) is 0 Å². The fraction of sp³-hybridized carbons (Fsp3) is 0.444. The largest absolute Gasteiger partial charge is 0.441 e. The number of nitrogens with one attached hydrogen (secondary N) is 1. The molecule has 36 heavy (non-hydrogen) atoms. The van der Waals surface area contributed by atoms with Gasteiger partial charge in [0.05, 0.1) is 17.0 Å². The van der Waals surface area contributed by atoms with Crippen molar-refractivity contribution in [3.05, 3.63) is 63.7 Å². The van der Waals surface area contributed by atoms with E-state index >= 15 is 0 Å². The van der Waals surface area contributed by atoms with Crippen LogP contribution in [0.3, 0.4) is 0 Å². The van der Waals surface area contributed by atoms with E-state index < -0.39 is 8.32 Å². The molecule has 1 fully saturated rings. The maximum Gasteiger partial charge on any atom is 0.286 e. The van der Waals surface area contributed by atoms with Gasteiger partial charge in [0.25, 0.3) is 5.24 Å². The summed E-state index contributed by atoms with van der Waals surface area (Å²) in [6.07, 6.45) is 1.99. The van der Waals surface area contributed by atoms with Gasteiger partial charge in [-0.2, -0.15) is 0 Å². The number of benzene rings is 1. The van der Waals surface area contributed by atoms with E-state index in [1.807, 2.05) is 37.3 Å². The number of carbonyl (C=O) groups excluding carboxylic acids is 2. The predicted octanol–water partition coefficient (Wildman–Crippen LogP) is 7.30. The maximum atomic E-state index is 12.0. The van der Waals surface area contributed by atoms with Crippen LogP contribution in [0.2, 0.25) is 18.1 Å². The van der Waals surface area contributed by atoms with Gasteiger partial charge in [0.15, 0.2) is 8.32 Å². The summed E-state index contributed by atoms with van der Waals surface area (Å²) < 4.78 is 12.9. The Morgan fingerprint density at radius 3 is 2.50 bits per heavy atom. The van der Waals surface area contributed by atoms with Crippen LogP contribution in [0, 0.1) is 6.92 Å². The van der Waals surface area contributed by atoms with Crippen molar-refractivity contribution in [2.75, 3.05) is 0 Å². The molecule has 0 saturated carbocycles. The Morgan fingerprint density at radius 2 is 1.86 bits per heavy atom. The number of thiophene rings is 1. The van der Waals surface area contributed by atoms with E-state index in [9.17, 15) is 9.59 Å². The topological polar surface area (TPSA) is 81.4 Å². The highest BCUT2D eigenvalue weighted by molar-refractivity contribution is 8.15. The minimum atomic E-state index is -2.05. The summed E-state index contributed by atoms with van der Waals surface area (Å²) in [5, 5.41) is 1.83. The maximum absolute atomic E-state index is 12.0. The molecule has 1 aliphatic rings. The number of imide groups is 1. The minimum absolute atomic E-state index is 0.0763. The third kappa shape index (κ3) is 6.19. The van der Waals surface area contributed by atoms with E-state index in [1.165, 1.54) is 0 Å². The van der Waals surface area contributed by atoms with E-state index in [-0.39, 0.29) is 27.5 Å². The van der Waals surface area contributed by atoms with Crippen molar-refractivity contribution in [1.29, 1.82) is 0 Å². The fourth-order valence-corrected chi connectivity index (χ4v) is 7.28. The molecule has 1 aliphatic heterocycles. The first kappa shape index (κ1) is 26.8. The van der Waals surface area contributed by atoms with E-state index in [2.05, 4.69) is 51.3 Å². The summed E-state index contributed by atoms with van der Waals surface area (Å²) in [4.78, 5) is 30.6. The van der Waals surface area contributed by atoms with Crippen LogP contribution in [0.25, 0.3) is 11.5 Å². The zero-order valence-corrected chi connectivity index (χ0v) is 24.3. The summed E-state index contributed by atoms with van der Waals surface area (Å²) >= 11 is 2.75. The minimum Gasteiger partial charge on any atom is -0.441 e. The monoisotopic (exact) mass is 542 g/mol. The molecule has 0 radical (unpaired) electrons. The average Bonchev–Trinajstić information content (AvgIpc) is 3.50. The van der Waals surface area contributed by atoms with Crippen molar-refractivity contribution in [3.63, 3.8) is 0 Å². The Balaban J connectivity index is 1.53. The second-order valence-corrected chi connectivity index (χ2v) is 17.8. The van der Waals surface area contributed by atoms with Crippen LogP contribution in [0.1, 0.15) is 54.5 Å². The predicted molar refractivity (Wildman–Crippen MR) is 149 cm³/mol. The van der Waals surface area contributed by atoms with Gasteiger partial charge >= 0.3 is 0 Å². The number of amides is 2. The third-order valence-corrected chi connectivity index (χ3v) is 13.6. The van der Waals surface area contributed by atoms with Crippen LogP contribution in [0.15, 0.2) is 46.9 Å². The molecule has 2 unspecified atom stereocenters. The highest BCUT2D eigenvalue weighted by Gasteiger charge is 2.40. The van der Waals surface area contributed by atoms with Gasteiger partial charge in [0.2, 0.25) is 11.8 Å². The number of oxazole rings is 1. The van der Waals surface area contributed by atoms with Crippen LogP contribution in [-0.4, -0.2) is 29.7 Å². The second kappa shape index (κ2) is 10.7. The molecule has 6 nitrogen and oxygen atoms in total. The molecule has 2 aromatic heterocycles. The smallest absolute Gasteiger partial charge is 0.286 e. The van der Waals surface area contributed by atoms with Gasteiger partial charge < -0.3 is 8.84 Å². The molecule has 9 heteroatoms. The molecular formula is C27H34N2O4S2Si. The summed E-state index contributed by atoms with van der Waals surface area (Å²) in [7, 11) is -2.05. The van der Waals surface area contributed by atoms with Crippen LogP contribution in [0.4, 0.5) is 4.79 Å². The molecule has 0 spiro atoms. The first-order chi connectivity index (χ1) is 16.9. The Morgan fingerprint density at radius 1 is 1.14 bits per heavy atom. The lowest BCUT2D eigenvalue weighted by atomic mass is 10.1. The molecule has 0 bridgehead atoms. The number of hydrogen-bond donors (Lipinski definition) is 1. The molecule has 192 valence electrons. The highest BCUT2D eigenvalue weighted by atomic mass is 32.2. The molecule has 3 heterocycles. The molecule has 1 saturated heterocycles. The normalized spacial score (nSPS) is 17.4. The molecule has 3 aromatic rings. The first-order valence-corrected chi connectivity index (χ1v) is 16.8. The standard InChI is InChI=1S/C27H34N2O4S2Si/c1-17-20(28-25(32-17)18-10-8-7-9-11-18)13-14-21(33-36(5,6)27(2,3)4)22-15-12-19(34-22)16-23-24(30)29-26(31)35-23/h7-12,15,21,23H,13-14,16H2,1-6H3,(H,29,30,31). The SMILES string of the molecule is Cc1oc(-c2ccccc2)nc1CCC(O[Si](C)(C)C(C)(C)C)c1ccc(CC2SC(=O)NC2=O)s1. The second-order valence-electron chi connectivity index (χ2n) is 10.7. The van der Waals surface area contributed by atoms with Gasteiger partial charge in [0.1, 0.15) is 5.76 Å². The Labute approximate surface area is 222 Å². The summed E-state index contributed by atoms with van der Waals surface area (Å²) in [5.74, 6) is 1.27. The summed E-state index contributed by atoms with van der Waals surface area (Å²) in [5.41, 5.74) is 1.92. The molecule has 2 amide bonds. The van der Waals surface area contributed by atoms with Gasteiger partial charge in [-0.1, -0.05) is 50.7 Å². The van der Waals surface area contributed by atoms with Crippen LogP contribution in [-0.2, 0) is 22.1 Å². The van der Waals surface area contributed by atoms with Crippen molar-refractivity contribution >= 4 is 42.6 Å². The molecule has 4 rings (SSSR count). The zero-order chi connectivity index (χ0) is 26.1. The van der Waals surface area contributed by atoms with Gasteiger partial charge in [0, 0.05) is 21.7 Å². The number of nitrogens with zero attached hydrogens (tertiary/aromatic N) is 1. The lowest BCUT2D eigenvalue weighted by molar-refractivity contribution is -0.118. The van der Waals surface area contributed by atoms with Crippen molar-refractivity contribution in [2.45, 2.75) is 76.4 Å². The Bertz CT molecular complexity index is 1230.